The van der Waals surface area contributed by atoms with E-state index in [0.717, 1.165) is 12.2 Å². The molecule has 1 aromatic heterocycles. The van der Waals surface area contributed by atoms with Gasteiger partial charge < -0.3 is 11.1 Å². The molecule has 1 heterocycles. The molecule has 100 valence electrons. The van der Waals surface area contributed by atoms with Crippen molar-refractivity contribution in [1.29, 1.82) is 0 Å². The Morgan fingerprint density at radius 2 is 2.05 bits per heavy atom. The minimum absolute atomic E-state index is 0.408. The average Bonchev–Trinajstić information content (AvgIpc) is 2.86. The highest BCUT2D eigenvalue weighted by Crippen LogP contribution is 2.10. The first-order valence-electron chi connectivity index (χ1n) is 6.23. The Hall–Kier alpha value is -2.14. The number of aromatic nitrogens is 2. The van der Waals surface area contributed by atoms with Crippen molar-refractivity contribution in [2.45, 2.75) is 26.4 Å². The third-order valence-electron chi connectivity index (χ3n) is 2.78. The van der Waals surface area contributed by atoms with Gasteiger partial charge in [0.25, 0.3) is 5.91 Å². The standard InChI is InChI=1S/C14H18N4O/c1-10(2)16-7-11-3-5-13(6-4-11)18-9-12(8-17-18)14(15)19/h3-6,8-10,16H,7H2,1-2H3,(H2,15,19). The van der Waals surface area contributed by atoms with Gasteiger partial charge in [-0.1, -0.05) is 26.0 Å². The van der Waals surface area contributed by atoms with Gasteiger partial charge in [-0.2, -0.15) is 5.10 Å². The highest BCUT2D eigenvalue weighted by Gasteiger charge is 2.05. The largest absolute Gasteiger partial charge is 0.366 e. The van der Waals surface area contributed by atoms with E-state index in [1.807, 2.05) is 24.3 Å². The van der Waals surface area contributed by atoms with Crippen LogP contribution in [0.1, 0.15) is 29.8 Å². The summed E-state index contributed by atoms with van der Waals surface area (Å²) < 4.78 is 1.64. The number of primary amides is 1. The van der Waals surface area contributed by atoms with Crippen molar-refractivity contribution in [2.24, 2.45) is 5.73 Å². The Kier molecular flexibility index (Phi) is 3.97. The number of rotatable bonds is 5. The number of nitrogens with zero attached hydrogens (tertiary/aromatic N) is 2. The maximum atomic E-state index is 11.0. The van der Waals surface area contributed by atoms with Crippen molar-refractivity contribution >= 4 is 5.91 Å². The molecule has 5 nitrogen and oxygen atoms in total. The molecule has 0 aliphatic heterocycles. The van der Waals surface area contributed by atoms with E-state index < -0.39 is 5.91 Å². The summed E-state index contributed by atoms with van der Waals surface area (Å²) in [5.74, 6) is -0.469. The van der Waals surface area contributed by atoms with Crippen LogP contribution in [0.2, 0.25) is 0 Å². The highest BCUT2D eigenvalue weighted by molar-refractivity contribution is 5.92. The van der Waals surface area contributed by atoms with Crippen LogP contribution >= 0.6 is 0 Å². The summed E-state index contributed by atoms with van der Waals surface area (Å²) in [6.45, 7) is 5.07. The van der Waals surface area contributed by atoms with Gasteiger partial charge in [-0.3, -0.25) is 4.79 Å². The van der Waals surface area contributed by atoms with Gasteiger partial charge in [0.2, 0.25) is 0 Å². The van der Waals surface area contributed by atoms with Crippen LogP contribution in [0.5, 0.6) is 0 Å². The van der Waals surface area contributed by atoms with E-state index in [1.54, 1.807) is 10.9 Å². The number of nitrogens with one attached hydrogen (secondary N) is 1. The van der Waals surface area contributed by atoms with Gasteiger partial charge in [-0.05, 0) is 17.7 Å². The molecular formula is C14H18N4O. The maximum absolute atomic E-state index is 11.0. The minimum atomic E-state index is -0.469. The molecule has 2 aromatic rings. The van der Waals surface area contributed by atoms with Crippen molar-refractivity contribution in [3.05, 3.63) is 47.8 Å². The monoisotopic (exact) mass is 258 g/mol. The SMILES string of the molecule is CC(C)NCc1ccc(-n2cc(C(N)=O)cn2)cc1. The predicted molar refractivity (Wildman–Crippen MR) is 74.1 cm³/mol. The van der Waals surface area contributed by atoms with E-state index >= 15 is 0 Å². The molecule has 0 saturated carbocycles. The minimum Gasteiger partial charge on any atom is -0.366 e. The Balaban J connectivity index is 2.10. The molecule has 0 aliphatic rings. The molecule has 0 aliphatic carbocycles. The quantitative estimate of drug-likeness (QED) is 0.853. The lowest BCUT2D eigenvalue weighted by Crippen LogP contribution is -2.21. The molecule has 3 N–H and O–H groups in total. The Morgan fingerprint density at radius 3 is 2.58 bits per heavy atom. The maximum Gasteiger partial charge on any atom is 0.251 e. The first-order valence-corrected chi connectivity index (χ1v) is 6.23. The van der Waals surface area contributed by atoms with Crippen molar-refractivity contribution in [2.75, 3.05) is 0 Å². The molecule has 0 unspecified atom stereocenters. The van der Waals surface area contributed by atoms with Gasteiger partial charge in [0, 0.05) is 18.8 Å². The lowest BCUT2D eigenvalue weighted by molar-refractivity contribution is 0.100. The fourth-order valence-corrected chi connectivity index (χ4v) is 1.68. The summed E-state index contributed by atoms with van der Waals surface area (Å²) in [4.78, 5) is 11.0. The summed E-state index contributed by atoms with van der Waals surface area (Å²) >= 11 is 0. The number of hydrogen-bond donors (Lipinski definition) is 2. The van der Waals surface area contributed by atoms with Gasteiger partial charge >= 0.3 is 0 Å². The van der Waals surface area contributed by atoms with E-state index in [9.17, 15) is 4.79 Å². The van der Waals surface area contributed by atoms with Crippen molar-refractivity contribution in [3.63, 3.8) is 0 Å². The molecular weight excluding hydrogens is 240 g/mol. The molecule has 5 heteroatoms. The molecule has 2 rings (SSSR count). The van der Waals surface area contributed by atoms with Crippen LogP contribution in [0.4, 0.5) is 0 Å². The van der Waals surface area contributed by atoms with E-state index in [-0.39, 0.29) is 0 Å². The number of benzene rings is 1. The molecule has 0 saturated heterocycles. The lowest BCUT2D eigenvalue weighted by atomic mass is 10.2. The van der Waals surface area contributed by atoms with Crippen LogP contribution in [0.15, 0.2) is 36.7 Å². The summed E-state index contributed by atoms with van der Waals surface area (Å²) in [5.41, 5.74) is 7.72. The fraction of sp³-hybridized carbons (Fsp3) is 0.286. The van der Waals surface area contributed by atoms with Crippen LogP contribution in [-0.4, -0.2) is 21.7 Å². The van der Waals surface area contributed by atoms with E-state index in [4.69, 9.17) is 5.73 Å². The van der Waals surface area contributed by atoms with Gasteiger partial charge in [-0.25, -0.2) is 4.68 Å². The molecule has 0 spiro atoms. The Bertz CT molecular complexity index is 557. The zero-order valence-electron chi connectivity index (χ0n) is 11.1. The third kappa shape index (κ3) is 3.42. The van der Waals surface area contributed by atoms with E-state index in [1.165, 1.54) is 11.8 Å². The molecule has 1 amide bonds. The summed E-state index contributed by atoms with van der Waals surface area (Å²) in [6, 6.07) is 8.47. The Morgan fingerprint density at radius 1 is 1.37 bits per heavy atom. The lowest BCUT2D eigenvalue weighted by Gasteiger charge is -2.08. The molecule has 1 aromatic carbocycles. The zero-order chi connectivity index (χ0) is 13.8. The number of hydrogen-bond acceptors (Lipinski definition) is 3. The first kappa shape index (κ1) is 13.3. The fourth-order valence-electron chi connectivity index (χ4n) is 1.68. The normalized spacial score (nSPS) is 10.9. The second kappa shape index (κ2) is 5.67. The third-order valence-corrected chi connectivity index (χ3v) is 2.78. The van der Waals surface area contributed by atoms with Gasteiger partial charge in [0.05, 0.1) is 17.4 Å². The number of nitrogens with two attached hydrogens (primary N) is 1. The van der Waals surface area contributed by atoms with Crippen molar-refractivity contribution in [1.82, 2.24) is 15.1 Å². The van der Waals surface area contributed by atoms with Crippen LogP contribution in [0.25, 0.3) is 5.69 Å². The van der Waals surface area contributed by atoms with Gasteiger partial charge in [0.1, 0.15) is 0 Å². The molecule has 0 bridgehead atoms. The smallest absolute Gasteiger partial charge is 0.251 e. The first-order chi connectivity index (χ1) is 9.06. The molecule has 0 radical (unpaired) electrons. The topological polar surface area (TPSA) is 72.9 Å². The molecule has 0 fully saturated rings. The van der Waals surface area contributed by atoms with E-state index in [2.05, 4.69) is 24.3 Å². The number of carbonyl (C=O) groups excluding carboxylic acids is 1. The number of carbonyl (C=O) groups is 1. The summed E-state index contributed by atoms with van der Waals surface area (Å²) in [7, 11) is 0. The summed E-state index contributed by atoms with van der Waals surface area (Å²) in [6.07, 6.45) is 3.10. The zero-order valence-corrected chi connectivity index (χ0v) is 11.1. The second-order valence-corrected chi connectivity index (χ2v) is 4.74. The average molecular weight is 258 g/mol. The molecule has 19 heavy (non-hydrogen) atoms. The second-order valence-electron chi connectivity index (χ2n) is 4.74. The van der Waals surface area contributed by atoms with Crippen molar-refractivity contribution in [3.8, 4) is 5.69 Å². The van der Waals surface area contributed by atoms with Crippen LogP contribution in [0.3, 0.4) is 0 Å². The molecule has 0 atom stereocenters. The van der Waals surface area contributed by atoms with Crippen molar-refractivity contribution < 1.29 is 4.79 Å². The van der Waals surface area contributed by atoms with Crippen LogP contribution in [0, 0.1) is 0 Å². The van der Waals surface area contributed by atoms with Crippen LogP contribution < -0.4 is 11.1 Å². The Labute approximate surface area is 112 Å². The predicted octanol–water partition coefficient (Wildman–Crippen LogP) is 1.47. The van der Waals surface area contributed by atoms with Crippen LogP contribution in [-0.2, 0) is 6.54 Å². The highest BCUT2D eigenvalue weighted by atomic mass is 16.1. The van der Waals surface area contributed by atoms with Gasteiger partial charge in [0.15, 0.2) is 0 Å². The number of amides is 1. The van der Waals surface area contributed by atoms with E-state index in [0.29, 0.717) is 11.6 Å². The van der Waals surface area contributed by atoms with Gasteiger partial charge in [-0.15, -0.1) is 0 Å². The summed E-state index contributed by atoms with van der Waals surface area (Å²) in [5, 5.41) is 7.47.